The van der Waals surface area contributed by atoms with Crippen molar-refractivity contribution >= 4 is 91.0 Å². The van der Waals surface area contributed by atoms with Crippen LogP contribution in [0.1, 0.15) is 276 Å². The first kappa shape index (κ1) is 95.5. The molecule has 10 heteroatoms. The van der Waals surface area contributed by atoms with Gasteiger partial charge in [0.15, 0.2) is 0 Å². The van der Waals surface area contributed by atoms with Gasteiger partial charge in [-0.2, -0.15) is 0 Å². The van der Waals surface area contributed by atoms with Crippen LogP contribution in [0.3, 0.4) is 0 Å². The first-order valence-electron chi connectivity index (χ1n) is 41.6. The smallest absolute Gasteiger partial charge is 0.0377 e. The van der Waals surface area contributed by atoms with E-state index in [2.05, 4.69) is 247 Å². The summed E-state index contributed by atoms with van der Waals surface area (Å²) in [5.74, 6) is 3.39. The summed E-state index contributed by atoms with van der Waals surface area (Å²) in [6, 6.07) is 88.3. The molecule has 0 nitrogen and oxygen atoms in total. The fraction of sp³-hybridized carbons (Fsp3) is 0.333. The van der Waals surface area contributed by atoms with Crippen LogP contribution in [-0.4, -0.2) is 0 Å². The van der Waals surface area contributed by atoms with Gasteiger partial charge < -0.3 is 0 Å². The maximum absolute atomic E-state index is 5.17. The summed E-state index contributed by atoms with van der Waals surface area (Å²) in [7, 11) is 0. The van der Waals surface area contributed by atoms with Gasteiger partial charge in [-0.25, -0.2) is 0 Å². The van der Waals surface area contributed by atoms with E-state index in [1.807, 2.05) is 60.7 Å². The molecule has 15 rings (SSSR count). The van der Waals surface area contributed by atoms with Crippen molar-refractivity contribution in [3.05, 3.63) is 356 Å². The summed E-state index contributed by atoms with van der Waals surface area (Å²) in [4.78, 5) is 4.61. The van der Waals surface area contributed by atoms with Gasteiger partial charge in [0.1, 0.15) is 0 Å². The van der Waals surface area contributed by atoms with E-state index in [1.165, 1.54) is 208 Å². The SMILES string of the molecule is CCCc1ccc(C2CC=C(c3ccc([S])cc3)CC2)cc1.CCCc1ccc(C2CC=C(c3ccc([S])cc3)CC2)cc1.CCCc1ccc(C2CC=C(c3ccc([S])cc3)CC2)cc1.CCCc1ccc(C2CC=C(c3ccc([S])cc3)CC2)cc1.CCCc1ccc(C2CC=C(c3ccc([S])cc3)CC2)cc1.F.F.F.F.F. The maximum Gasteiger partial charge on any atom is 0.0377 e. The molecule has 0 spiro atoms. The summed E-state index contributed by atoms with van der Waals surface area (Å²) in [5, 5.41) is 0. The molecular weight excluding hydrogens is 1520 g/mol. The number of allylic oxidation sites excluding steroid dienone is 10. The summed E-state index contributed by atoms with van der Waals surface area (Å²) in [6.45, 7) is 11.2. The van der Waals surface area contributed by atoms with Crippen molar-refractivity contribution in [2.45, 2.75) is 249 Å². The van der Waals surface area contributed by atoms with Crippen molar-refractivity contribution < 1.29 is 23.5 Å². The van der Waals surface area contributed by atoms with E-state index in [1.54, 1.807) is 0 Å². The fourth-order valence-electron chi connectivity index (χ4n) is 16.6. The molecule has 5 aliphatic rings. The van der Waals surface area contributed by atoms with Crippen molar-refractivity contribution in [2.24, 2.45) is 0 Å². The zero-order valence-electron chi connectivity index (χ0n) is 68.1. The third-order valence-electron chi connectivity index (χ3n) is 23.1. The lowest BCUT2D eigenvalue weighted by atomic mass is 9.82. The second-order valence-corrected chi connectivity index (χ2v) is 33.4. The van der Waals surface area contributed by atoms with Crippen LogP contribution >= 0.6 is 63.1 Å². The summed E-state index contributed by atoms with van der Waals surface area (Å²) >= 11 is 25.8. The zero-order valence-corrected chi connectivity index (χ0v) is 72.2. The van der Waals surface area contributed by atoms with Gasteiger partial charge >= 0.3 is 0 Å². The largest absolute Gasteiger partial charge is 0.269 e. The first-order chi connectivity index (χ1) is 53.8. The van der Waals surface area contributed by atoms with Crippen LogP contribution in [0.2, 0.25) is 0 Å². The second kappa shape index (κ2) is 50.3. The third-order valence-corrected chi connectivity index (χ3v) is 24.5. The monoisotopic (exact) mass is 1640 g/mol. The summed E-state index contributed by atoms with van der Waals surface area (Å²) in [5.41, 5.74) is 28.9. The van der Waals surface area contributed by atoms with Gasteiger partial charge in [0.25, 0.3) is 0 Å². The van der Waals surface area contributed by atoms with Crippen molar-refractivity contribution in [2.75, 3.05) is 0 Å². The van der Waals surface area contributed by atoms with Crippen LogP contribution < -0.4 is 0 Å². The molecule has 0 N–H and O–H groups in total. The Kier molecular flexibility index (Phi) is 41.8. The van der Waals surface area contributed by atoms with Gasteiger partial charge in [0, 0.05) is 24.5 Å². The Morgan fingerprint density at radius 3 is 0.452 bits per heavy atom. The minimum Gasteiger partial charge on any atom is -0.269 e. The quantitative estimate of drug-likeness (QED) is 0.0667. The molecule has 0 saturated carbocycles. The van der Waals surface area contributed by atoms with Gasteiger partial charge in [-0.1, -0.05) is 342 Å². The standard InChI is InChI=1S/5C21H23S.5FH/c5*1-2-3-16-4-6-17(7-5-16)18-8-10-19(11-9-18)20-12-14-21(22)15-13-20;;;;;/h5*4-7,10,12-15,18H,2-3,8-9,11H2,1H3;5*1H. The number of aryl methyl sites for hydroxylation is 5. The molecular formula is C105H120F5S5. The Balaban J connectivity index is 0.000000221. The molecule has 5 atom stereocenters. The second-order valence-electron chi connectivity index (χ2n) is 31.1. The molecule has 5 unspecified atom stereocenters. The highest BCUT2D eigenvalue weighted by Crippen LogP contribution is 2.42. The fourth-order valence-corrected chi connectivity index (χ4v) is 17.2. The Morgan fingerprint density at radius 1 is 0.200 bits per heavy atom. The lowest BCUT2D eigenvalue weighted by Gasteiger charge is -2.23. The number of hydrogen-bond donors (Lipinski definition) is 0. The highest BCUT2D eigenvalue weighted by Gasteiger charge is 2.23. The average Bonchev–Trinajstić information content (AvgIpc) is 0.854. The molecule has 0 aromatic heterocycles. The van der Waals surface area contributed by atoms with E-state index in [4.69, 9.17) is 63.1 Å². The van der Waals surface area contributed by atoms with Gasteiger partial charge in [0.2, 0.25) is 0 Å². The van der Waals surface area contributed by atoms with E-state index < -0.39 is 0 Å². The van der Waals surface area contributed by atoms with Crippen molar-refractivity contribution in [3.63, 3.8) is 0 Å². The van der Waals surface area contributed by atoms with Gasteiger partial charge in [-0.15, -0.1) is 0 Å². The molecule has 10 aromatic rings. The minimum absolute atomic E-state index is 0. The van der Waals surface area contributed by atoms with E-state index in [9.17, 15) is 0 Å². The predicted octanol–water partition coefficient (Wildman–Crippen LogP) is 33.5. The van der Waals surface area contributed by atoms with Crippen LogP contribution in [0.25, 0.3) is 27.9 Å². The van der Waals surface area contributed by atoms with Gasteiger partial charge in [-0.05, 0) is 330 Å². The molecule has 0 aliphatic heterocycles. The van der Waals surface area contributed by atoms with Crippen LogP contribution in [-0.2, 0) is 32.1 Å². The van der Waals surface area contributed by atoms with Crippen LogP contribution in [0.15, 0.2) is 298 Å². The molecule has 10 aromatic carbocycles. The van der Waals surface area contributed by atoms with Gasteiger partial charge in [-0.3, -0.25) is 23.5 Å². The highest BCUT2D eigenvalue weighted by atomic mass is 32.1. The highest BCUT2D eigenvalue weighted by molar-refractivity contribution is 7.81. The van der Waals surface area contributed by atoms with E-state index in [0.29, 0.717) is 29.6 Å². The summed E-state index contributed by atoms with van der Waals surface area (Å²) in [6.07, 6.45) is 42.0. The zero-order chi connectivity index (χ0) is 76.8. The summed E-state index contributed by atoms with van der Waals surface area (Å²) < 4.78 is 0. The first-order valence-corrected chi connectivity index (χ1v) is 43.6. The number of hydrogen-bond acceptors (Lipinski definition) is 0. The lowest BCUT2D eigenvalue weighted by Crippen LogP contribution is -2.04. The molecule has 0 heterocycles. The number of rotatable bonds is 20. The van der Waals surface area contributed by atoms with Crippen LogP contribution in [0.5, 0.6) is 0 Å². The van der Waals surface area contributed by atoms with E-state index in [-0.39, 0.29) is 23.5 Å². The number of benzene rings is 10. The molecule has 0 saturated heterocycles. The third kappa shape index (κ3) is 29.4. The maximum atomic E-state index is 5.17. The van der Waals surface area contributed by atoms with E-state index >= 15 is 0 Å². The van der Waals surface area contributed by atoms with Gasteiger partial charge in [0.05, 0.1) is 0 Å². The Labute approximate surface area is 714 Å². The number of halogens is 5. The van der Waals surface area contributed by atoms with Crippen LogP contribution in [0, 0.1) is 0 Å². The van der Waals surface area contributed by atoms with Crippen molar-refractivity contribution in [3.8, 4) is 0 Å². The minimum atomic E-state index is 0. The molecule has 115 heavy (non-hydrogen) atoms. The predicted molar refractivity (Wildman–Crippen MR) is 499 cm³/mol. The Hall–Kier alpha value is -8.35. The Bertz CT molecular complexity index is 3890. The molecule has 605 valence electrons. The molecule has 5 radical (unpaired) electrons. The molecule has 0 fully saturated rings. The molecule has 0 amide bonds. The molecule has 0 bridgehead atoms. The average molecular weight is 1640 g/mol. The molecule has 5 aliphatic carbocycles. The van der Waals surface area contributed by atoms with Crippen molar-refractivity contribution in [1.82, 2.24) is 0 Å². The van der Waals surface area contributed by atoms with E-state index in [0.717, 1.165) is 88.7 Å². The lowest BCUT2D eigenvalue weighted by molar-refractivity contribution is 0.625. The Morgan fingerprint density at radius 2 is 0.339 bits per heavy atom. The normalized spacial score (nSPS) is 17.3. The topological polar surface area (TPSA) is 0 Å². The van der Waals surface area contributed by atoms with Crippen LogP contribution in [0.4, 0.5) is 23.5 Å². The van der Waals surface area contributed by atoms with Crippen molar-refractivity contribution in [1.29, 1.82) is 0 Å².